The predicted octanol–water partition coefficient (Wildman–Crippen LogP) is 6.65. The van der Waals surface area contributed by atoms with Gasteiger partial charge in [-0.1, -0.05) is 41.4 Å². The number of anilines is 3. The van der Waals surface area contributed by atoms with Crippen molar-refractivity contribution in [2.45, 2.75) is 0 Å². The van der Waals surface area contributed by atoms with Crippen LogP contribution in [-0.4, -0.2) is 10.6 Å². The van der Waals surface area contributed by atoms with E-state index >= 15 is 0 Å². The van der Waals surface area contributed by atoms with E-state index in [0.29, 0.717) is 15.6 Å². The third kappa shape index (κ3) is 4.29. The molecule has 0 atom stereocenters. The second kappa shape index (κ2) is 8.43. The lowest BCUT2D eigenvalue weighted by Gasteiger charge is -2.24. The first-order valence-electron chi connectivity index (χ1n) is 8.97. The summed E-state index contributed by atoms with van der Waals surface area (Å²) in [6.45, 7) is 0. The van der Waals surface area contributed by atoms with Crippen LogP contribution >= 0.6 is 23.2 Å². The van der Waals surface area contributed by atoms with Crippen LogP contribution in [-0.2, 0) is 0 Å². The Morgan fingerprint density at radius 2 is 1.41 bits per heavy atom. The number of aromatic nitrogens is 1. The van der Waals surface area contributed by atoms with Crippen molar-refractivity contribution < 1.29 is 4.79 Å². The summed E-state index contributed by atoms with van der Waals surface area (Å²) in [4.78, 5) is 13.2. The van der Waals surface area contributed by atoms with E-state index < -0.39 is 0 Å². The molecule has 4 nitrogen and oxygen atoms in total. The van der Waals surface area contributed by atoms with Gasteiger partial charge >= 0.3 is 0 Å². The molecule has 4 rings (SSSR count). The molecule has 1 N–H and O–H groups in total. The van der Waals surface area contributed by atoms with Gasteiger partial charge in [-0.15, -0.1) is 0 Å². The summed E-state index contributed by atoms with van der Waals surface area (Å²) < 4.78 is 1.76. The van der Waals surface area contributed by atoms with Crippen LogP contribution in [0.2, 0.25) is 10.0 Å². The summed E-state index contributed by atoms with van der Waals surface area (Å²) >= 11 is 12.0. The summed E-state index contributed by atoms with van der Waals surface area (Å²) in [5.74, 6) is -0.119. The Balaban J connectivity index is 1.62. The van der Waals surface area contributed by atoms with Gasteiger partial charge in [0.1, 0.15) is 0 Å². The highest BCUT2D eigenvalue weighted by atomic mass is 35.5. The summed E-state index contributed by atoms with van der Waals surface area (Å²) in [6.07, 6.45) is 3.67. The van der Waals surface area contributed by atoms with Crippen LogP contribution in [0.1, 0.15) is 10.4 Å². The third-order valence-electron chi connectivity index (χ3n) is 4.35. The maximum absolute atomic E-state index is 13.2. The highest BCUT2D eigenvalue weighted by molar-refractivity contribution is 6.42. The second-order valence-corrected chi connectivity index (χ2v) is 7.16. The largest absolute Gasteiger partial charge is 0.355 e. The monoisotopic (exact) mass is 421 g/mol. The molecule has 1 aromatic heterocycles. The summed E-state index contributed by atoms with van der Waals surface area (Å²) in [7, 11) is 0. The van der Waals surface area contributed by atoms with E-state index in [1.54, 1.807) is 34.0 Å². The lowest BCUT2D eigenvalue weighted by Crippen LogP contribution is -2.35. The molecule has 4 aromatic rings. The first-order chi connectivity index (χ1) is 14.1. The Morgan fingerprint density at radius 1 is 0.759 bits per heavy atom. The summed E-state index contributed by atoms with van der Waals surface area (Å²) in [6, 6.07) is 25.9. The molecule has 29 heavy (non-hydrogen) atoms. The van der Waals surface area contributed by atoms with Gasteiger partial charge in [0, 0.05) is 29.3 Å². The van der Waals surface area contributed by atoms with Crippen LogP contribution in [0.4, 0.5) is 17.1 Å². The van der Waals surface area contributed by atoms with Crippen LogP contribution in [0.5, 0.6) is 0 Å². The minimum absolute atomic E-state index is 0.119. The predicted molar refractivity (Wildman–Crippen MR) is 119 cm³/mol. The molecular formula is C23H17Cl2N3O. The van der Waals surface area contributed by atoms with Gasteiger partial charge in [0.05, 0.1) is 15.7 Å². The lowest BCUT2D eigenvalue weighted by atomic mass is 10.2. The number of amides is 1. The molecule has 3 aromatic carbocycles. The normalized spacial score (nSPS) is 10.6. The van der Waals surface area contributed by atoms with E-state index in [2.05, 4.69) is 5.32 Å². The number of nitrogens with one attached hydrogen (secondary N) is 1. The first-order valence-corrected chi connectivity index (χ1v) is 9.72. The molecular weight excluding hydrogens is 405 g/mol. The molecule has 0 radical (unpaired) electrons. The van der Waals surface area contributed by atoms with Crippen LogP contribution < -0.4 is 10.3 Å². The number of hydrogen-bond donors (Lipinski definition) is 1. The van der Waals surface area contributed by atoms with E-state index in [1.807, 2.05) is 73.1 Å². The van der Waals surface area contributed by atoms with Crippen molar-refractivity contribution in [1.82, 2.24) is 4.68 Å². The molecule has 6 heteroatoms. The molecule has 0 bridgehead atoms. The summed E-state index contributed by atoms with van der Waals surface area (Å²) in [5, 5.41) is 5.90. The maximum Gasteiger partial charge on any atom is 0.277 e. The number of carbonyl (C=O) groups is 1. The van der Waals surface area contributed by atoms with Crippen molar-refractivity contribution in [3.05, 3.63) is 113 Å². The molecule has 0 aliphatic carbocycles. The van der Waals surface area contributed by atoms with Gasteiger partial charge in [-0.2, -0.15) is 0 Å². The number of benzene rings is 3. The molecule has 0 aliphatic rings. The highest BCUT2D eigenvalue weighted by Crippen LogP contribution is 2.28. The van der Waals surface area contributed by atoms with Crippen molar-refractivity contribution in [2.24, 2.45) is 0 Å². The van der Waals surface area contributed by atoms with Gasteiger partial charge in [0.15, 0.2) is 0 Å². The standard InChI is InChI=1S/C23H17Cl2N3O/c24-21-13-10-19(16-22(21)25)26-18-8-11-20(12-9-18)28(27-14-4-5-15-27)23(29)17-6-2-1-3-7-17/h1-16,26H. The Labute approximate surface area is 178 Å². The van der Waals surface area contributed by atoms with Crippen molar-refractivity contribution in [2.75, 3.05) is 10.3 Å². The number of nitrogens with zero attached hydrogens (tertiary/aromatic N) is 2. The topological polar surface area (TPSA) is 37.3 Å². The molecule has 144 valence electrons. The molecule has 1 heterocycles. The van der Waals surface area contributed by atoms with Crippen LogP contribution in [0.25, 0.3) is 0 Å². The van der Waals surface area contributed by atoms with E-state index in [0.717, 1.165) is 17.1 Å². The average Bonchev–Trinajstić information content (AvgIpc) is 3.27. The average molecular weight is 422 g/mol. The SMILES string of the molecule is O=C(c1ccccc1)N(c1ccc(Nc2ccc(Cl)c(Cl)c2)cc1)n1cccc1. The number of carbonyl (C=O) groups excluding carboxylic acids is 1. The second-order valence-electron chi connectivity index (χ2n) is 6.35. The number of rotatable bonds is 5. The van der Waals surface area contributed by atoms with Gasteiger partial charge in [0.2, 0.25) is 0 Å². The zero-order valence-corrected chi connectivity index (χ0v) is 16.8. The van der Waals surface area contributed by atoms with Gasteiger partial charge in [-0.25, -0.2) is 5.01 Å². The van der Waals surface area contributed by atoms with Crippen molar-refractivity contribution in [1.29, 1.82) is 0 Å². The lowest BCUT2D eigenvalue weighted by molar-refractivity contribution is 0.0976. The minimum Gasteiger partial charge on any atom is -0.355 e. The van der Waals surface area contributed by atoms with Gasteiger partial charge < -0.3 is 5.32 Å². The fourth-order valence-electron chi connectivity index (χ4n) is 2.94. The zero-order chi connectivity index (χ0) is 20.2. The smallest absolute Gasteiger partial charge is 0.277 e. The molecule has 0 fully saturated rings. The fraction of sp³-hybridized carbons (Fsp3) is 0. The highest BCUT2D eigenvalue weighted by Gasteiger charge is 2.19. The third-order valence-corrected chi connectivity index (χ3v) is 5.09. The van der Waals surface area contributed by atoms with E-state index in [9.17, 15) is 4.79 Å². The Morgan fingerprint density at radius 3 is 2.07 bits per heavy atom. The van der Waals surface area contributed by atoms with Gasteiger partial charge in [0.25, 0.3) is 5.91 Å². The van der Waals surface area contributed by atoms with E-state index in [1.165, 1.54) is 0 Å². The van der Waals surface area contributed by atoms with Crippen molar-refractivity contribution in [3.8, 4) is 0 Å². The van der Waals surface area contributed by atoms with Crippen LogP contribution in [0.15, 0.2) is 97.3 Å². The Bertz CT molecular complexity index is 1110. The Kier molecular flexibility index (Phi) is 5.56. The van der Waals surface area contributed by atoms with Crippen molar-refractivity contribution in [3.63, 3.8) is 0 Å². The molecule has 0 spiro atoms. The first kappa shape index (κ1) is 19.1. The number of hydrogen-bond acceptors (Lipinski definition) is 2. The number of halogens is 2. The van der Waals surface area contributed by atoms with Gasteiger partial charge in [-0.05, 0) is 66.7 Å². The summed E-state index contributed by atoms with van der Waals surface area (Å²) in [5.41, 5.74) is 3.05. The van der Waals surface area contributed by atoms with E-state index in [4.69, 9.17) is 23.2 Å². The van der Waals surface area contributed by atoms with Crippen LogP contribution in [0.3, 0.4) is 0 Å². The quantitative estimate of drug-likeness (QED) is 0.391. The van der Waals surface area contributed by atoms with Gasteiger partial charge in [-0.3, -0.25) is 9.47 Å². The van der Waals surface area contributed by atoms with Crippen molar-refractivity contribution >= 4 is 46.2 Å². The Hall–Kier alpha value is -3.21. The zero-order valence-electron chi connectivity index (χ0n) is 15.3. The maximum atomic E-state index is 13.2. The molecule has 0 saturated carbocycles. The van der Waals surface area contributed by atoms with Crippen LogP contribution in [0, 0.1) is 0 Å². The molecule has 0 saturated heterocycles. The fourth-order valence-corrected chi connectivity index (χ4v) is 3.24. The minimum atomic E-state index is -0.119. The molecule has 0 aliphatic heterocycles. The molecule has 1 amide bonds. The van der Waals surface area contributed by atoms with E-state index in [-0.39, 0.29) is 5.91 Å². The molecule has 0 unspecified atom stereocenters.